The van der Waals surface area contributed by atoms with Gasteiger partial charge < -0.3 is 15.1 Å². The second-order valence-corrected chi connectivity index (χ2v) is 6.20. The van der Waals surface area contributed by atoms with E-state index in [9.17, 15) is 18.0 Å². The van der Waals surface area contributed by atoms with Crippen molar-refractivity contribution in [1.29, 1.82) is 0 Å². The normalized spacial score (nSPS) is 16.8. The fourth-order valence-electron chi connectivity index (χ4n) is 3.10. The van der Waals surface area contributed by atoms with Crippen LogP contribution in [0, 0.1) is 5.92 Å². The number of alkyl halides is 3. The number of piperidine rings is 1. The van der Waals surface area contributed by atoms with Crippen LogP contribution in [0.25, 0.3) is 11.5 Å². The number of aromatic amines is 1. The fourth-order valence-corrected chi connectivity index (χ4v) is 3.10. The maximum absolute atomic E-state index is 13.3. The first-order chi connectivity index (χ1) is 11.8. The number of nitrogens with one attached hydrogen (secondary N) is 3. The Balaban J connectivity index is 0.00000243. The monoisotopic (exact) mass is 392 g/mol. The van der Waals surface area contributed by atoms with Crippen molar-refractivity contribution in [3.8, 4) is 11.5 Å². The van der Waals surface area contributed by atoms with Gasteiger partial charge in [0.1, 0.15) is 0 Å². The van der Waals surface area contributed by atoms with Gasteiger partial charge in [0.05, 0.1) is 5.56 Å². The number of halogens is 4. The molecule has 1 aliphatic heterocycles. The molecule has 1 aliphatic rings. The molecule has 2 heterocycles. The third-order valence-electron chi connectivity index (χ3n) is 4.48. The van der Waals surface area contributed by atoms with E-state index in [-0.39, 0.29) is 35.9 Å². The molecule has 6 nitrogen and oxygen atoms in total. The maximum Gasteiger partial charge on any atom is 0.434 e. The molecular weight excluding hydrogens is 373 g/mol. The number of hydrogen-bond donors (Lipinski definition) is 3. The summed E-state index contributed by atoms with van der Waals surface area (Å²) in [5.41, 5.74) is -0.497. The van der Waals surface area contributed by atoms with Crippen molar-refractivity contribution in [2.45, 2.75) is 32.0 Å². The lowest BCUT2D eigenvalue weighted by atomic mass is 9.91. The lowest BCUT2D eigenvalue weighted by Crippen LogP contribution is -2.36. The average Bonchev–Trinajstić information content (AvgIpc) is 3.01. The minimum absolute atomic E-state index is 0. The quantitative estimate of drug-likeness (QED) is 0.743. The highest BCUT2D eigenvalue weighted by atomic mass is 35.5. The Hall–Kier alpha value is -2.00. The van der Waals surface area contributed by atoms with Gasteiger partial charge in [0.15, 0.2) is 0 Å². The maximum atomic E-state index is 13.3. The fraction of sp³-hybridized carbons (Fsp3) is 0.500. The Kier molecular flexibility index (Phi) is 6.35. The van der Waals surface area contributed by atoms with Crippen molar-refractivity contribution in [2.75, 3.05) is 18.4 Å². The first kappa shape index (κ1) is 20.3. The number of nitrogens with zero attached hydrogens (tertiary/aromatic N) is 1. The summed E-state index contributed by atoms with van der Waals surface area (Å²) < 4.78 is 44.8. The van der Waals surface area contributed by atoms with Crippen LogP contribution in [0.2, 0.25) is 0 Å². The second kappa shape index (κ2) is 8.13. The molecule has 0 radical (unpaired) electrons. The summed E-state index contributed by atoms with van der Waals surface area (Å²) in [5, 5.41) is 12.0. The molecule has 1 aromatic heterocycles. The summed E-state index contributed by atoms with van der Waals surface area (Å²) in [6, 6.07) is 3.41. The summed E-state index contributed by atoms with van der Waals surface area (Å²) in [6.45, 7) is 3.61. The molecule has 0 aliphatic carbocycles. The zero-order valence-electron chi connectivity index (χ0n) is 14.0. The Bertz CT molecular complexity index is 784. The minimum atomic E-state index is -4.49. The predicted molar refractivity (Wildman–Crippen MR) is 93.5 cm³/mol. The molecule has 0 bridgehead atoms. The molecule has 1 atom stereocenters. The SMILES string of the molecule is C[C@@H](Nc1cc(-c2n[nH]c(=O)o2)ccc1C(F)(F)F)C1CCNCC1.Cl. The van der Waals surface area contributed by atoms with E-state index in [0.717, 1.165) is 32.0 Å². The van der Waals surface area contributed by atoms with Crippen LogP contribution in [0.3, 0.4) is 0 Å². The molecule has 1 saturated heterocycles. The van der Waals surface area contributed by atoms with Gasteiger partial charge in [0.2, 0.25) is 5.89 Å². The zero-order chi connectivity index (χ0) is 18.0. The molecule has 10 heteroatoms. The summed E-state index contributed by atoms with van der Waals surface area (Å²) in [6.07, 6.45) is -2.67. The lowest BCUT2D eigenvalue weighted by molar-refractivity contribution is -0.137. The highest BCUT2D eigenvalue weighted by Crippen LogP contribution is 2.37. The van der Waals surface area contributed by atoms with Gasteiger partial charge in [0.25, 0.3) is 0 Å². The molecule has 3 N–H and O–H groups in total. The van der Waals surface area contributed by atoms with Crippen molar-refractivity contribution in [3.05, 3.63) is 34.3 Å². The Morgan fingerprint density at radius 2 is 2.00 bits per heavy atom. The Morgan fingerprint density at radius 3 is 2.58 bits per heavy atom. The molecule has 1 aromatic carbocycles. The van der Waals surface area contributed by atoms with Crippen LogP contribution in [-0.2, 0) is 6.18 Å². The third-order valence-corrected chi connectivity index (χ3v) is 4.48. The van der Waals surface area contributed by atoms with Crippen LogP contribution in [0.1, 0.15) is 25.3 Å². The molecule has 3 rings (SSSR count). The van der Waals surface area contributed by atoms with Crippen LogP contribution < -0.4 is 16.4 Å². The van der Waals surface area contributed by atoms with Crippen molar-refractivity contribution < 1.29 is 17.6 Å². The second-order valence-electron chi connectivity index (χ2n) is 6.20. The number of rotatable bonds is 4. The zero-order valence-corrected chi connectivity index (χ0v) is 14.8. The van der Waals surface area contributed by atoms with Crippen LogP contribution in [0.4, 0.5) is 18.9 Å². The van der Waals surface area contributed by atoms with Gasteiger partial charge in [-0.25, -0.2) is 9.89 Å². The van der Waals surface area contributed by atoms with Crippen molar-refractivity contribution in [2.24, 2.45) is 5.92 Å². The first-order valence-electron chi connectivity index (χ1n) is 8.09. The number of benzene rings is 1. The molecule has 0 unspecified atom stereocenters. The summed E-state index contributed by atoms with van der Waals surface area (Å²) >= 11 is 0. The summed E-state index contributed by atoms with van der Waals surface area (Å²) in [5.74, 6) is -0.516. The van der Waals surface area contributed by atoms with Crippen molar-refractivity contribution in [1.82, 2.24) is 15.5 Å². The van der Waals surface area contributed by atoms with Gasteiger partial charge in [-0.1, -0.05) is 0 Å². The third kappa shape index (κ3) is 4.59. The summed E-state index contributed by atoms with van der Waals surface area (Å²) in [4.78, 5) is 11.1. The number of H-pyrrole nitrogens is 1. The minimum Gasteiger partial charge on any atom is -0.388 e. The van der Waals surface area contributed by atoms with Gasteiger partial charge in [-0.15, -0.1) is 17.5 Å². The first-order valence-corrected chi connectivity index (χ1v) is 8.09. The van der Waals surface area contributed by atoms with Crippen LogP contribution in [-0.4, -0.2) is 29.3 Å². The standard InChI is InChI=1S/C16H19F3N4O2.ClH/c1-9(10-4-6-20-7-5-10)21-13-8-11(14-22-23-15(24)25-14)2-3-12(13)16(17,18)19;/h2-3,8-10,20-21H,4-7H2,1H3,(H,23,24);1H/t9-;/m1./s1. The predicted octanol–water partition coefficient (Wildman–Crippen LogP) is 3.27. The van der Waals surface area contributed by atoms with Gasteiger partial charge in [-0.05, 0) is 57.0 Å². The lowest BCUT2D eigenvalue weighted by Gasteiger charge is -2.30. The molecule has 0 spiro atoms. The van der Waals surface area contributed by atoms with E-state index >= 15 is 0 Å². The van der Waals surface area contributed by atoms with Gasteiger partial charge >= 0.3 is 11.9 Å². The molecule has 26 heavy (non-hydrogen) atoms. The molecule has 144 valence electrons. The van der Waals surface area contributed by atoms with E-state index in [2.05, 4.69) is 20.8 Å². The van der Waals surface area contributed by atoms with E-state index in [1.54, 1.807) is 0 Å². The van der Waals surface area contributed by atoms with Gasteiger partial charge in [-0.3, -0.25) is 0 Å². The number of hydrogen-bond acceptors (Lipinski definition) is 5. The topological polar surface area (TPSA) is 83.0 Å². The van der Waals surface area contributed by atoms with Crippen molar-refractivity contribution in [3.63, 3.8) is 0 Å². The van der Waals surface area contributed by atoms with Crippen LogP contribution in [0.5, 0.6) is 0 Å². The van der Waals surface area contributed by atoms with E-state index in [1.807, 2.05) is 6.92 Å². The molecule has 2 aromatic rings. The molecule has 1 fully saturated rings. The summed E-state index contributed by atoms with van der Waals surface area (Å²) in [7, 11) is 0. The molecule has 0 saturated carbocycles. The molecule has 0 amide bonds. The molecular formula is C16H20ClF3N4O2. The number of anilines is 1. The average molecular weight is 393 g/mol. The highest BCUT2D eigenvalue weighted by Gasteiger charge is 2.34. The smallest absolute Gasteiger partial charge is 0.388 e. The van der Waals surface area contributed by atoms with Gasteiger partial charge in [0, 0.05) is 17.3 Å². The van der Waals surface area contributed by atoms with Crippen LogP contribution in [0.15, 0.2) is 27.4 Å². The van der Waals surface area contributed by atoms with E-state index < -0.39 is 17.5 Å². The number of aromatic nitrogens is 2. The van der Waals surface area contributed by atoms with E-state index in [4.69, 9.17) is 4.42 Å². The van der Waals surface area contributed by atoms with Gasteiger partial charge in [-0.2, -0.15) is 13.2 Å². The largest absolute Gasteiger partial charge is 0.434 e. The van der Waals surface area contributed by atoms with Crippen LogP contribution >= 0.6 is 12.4 Å². The Labute approximate surface area is 154 Å². The highest BCUT2D eigenvalue weighted by molar-refractivity contribution is 5.85. The van der Waals surface area contributed by atoms with E-state index in [1.165, 1.54) is 12.1 Å². The van der Waals surface area contributed by atoms with Crippen molar-refractivity contribution >= 4 is 18.1 Å². The van der Waals surface area contributed by atoms with E-state index in [0.29, 0.717) is 5.56 Å². The Morgan fingerprint density at radius 1 is 1.31 bits per heavy atom.